The van der Waals surface area contributed by atoms with Gasteiger partial charge in [0.1, 0.15) is 5.01 Å². The van der Waals surface area contributed by atoms with Crippen molar-refractivity contribution in [2.45, 2.75) is 19.9 Å². The molecule has 1 atom stereocenters. The van der Waals surface area contributed by atoms with Crippen LogP contribution in [-0.2, 0) is 0 Å². The molecule has 0 bridgehead atoms. The number of rotatable bonds is 3. The van der Waals surface area contributed by atoms with Gasteiger partial charge in [-0.05, 0) is 13.8 Å². The van der Waals surface area contributed by atoms with Gasteiger partial charge >= 0.3 is 0 Å². The van der Waals surface area contributed by atoms with Crippen LogP contribution in [0.1, 0.15) is 22.9 Å². The smallest absolute Gasteiger partial charge is 0.157 e. The molecule has 0 amide bonds. The molecule has 0 aliphatic rings. The first-order valence-corrected chi connectivity index (χ1v) is 6.95. The van der Waals surface area contributed by atoms with Gasteiger partial charge in [0.15, 0.2) is 5.82 Å². The zero-order valence-corrected chi connectivity index (χ0v) is 11.6. The minimum absolute atomic E-state index is 0.124. The van der Waals surface area contributed by atoms with Gasteiger partial charge in [-0.15, -0.1) is 16.4 Å². The third-order valence-electron chi connectivity index (χ3n) is 2.93. The number of nitrogens with one attached hydrogen (secondary N) is 1. The normalized spacial score (nSPS) is 12.5. The predicted octanol–water partition coefficient (Wildman–Crippen LogP) is 3.57. The van der Waals surface area contributed by atoms with E-state index in [1.807, 2.05) is 30.5 Å². The lowest BCUT2D eigenvalue weighted by Gasteiger charge is -2.12. The Labute approximate surface area is 115 Å². The Balaban J connectivity index is 1.93. The number of aryl methyl sites for hydroxylation is 1. The molecule has 1 N–H and O–H groups in total. The van der Waals surface area contributed by atoms with Crippen LogP contribution < -0.4 is 5.32 Å². The monoisotopic (exact) mass is 270 g/mol. The fourth-order valence-corrected chi connectivity index (χ4v) is 2.75. The second-order valence-corrected chi connectivity index (χ2v) is 5.72. The van der Waals surface area contributed by atoms with Crippen molar-refractivity contribution < 1.29 is 0 Å². The van der Waals surface area contributed by atoms with E-state index in [1.54, 1.807) is 17.5 Å². The standard InChI is InChI=1S/C14H14N4S/c1-9-7-15-14(19-9)10(2)17-13-12-6-4-3-5-11(12)8-16-18-13/h3-8,10H,1-2H3,(H,17,18). The van der Waals surface area contributed by atoms with Crippen LogP contribution in [0.15, 0.2) is 36.7 Å². The molecule has 0 aliphatic heterocycles. The number of hydrogen-bond donors (Lipinski definition) is 1. The molecule has 2 heterocycles. The molecule has 0 spiro atoms. The van der Waals surface area contributed by atoms with Crippen molar-refractivity contribution in [3.05, 3.63) is 46.5 Å². The first-order valence-electron chi connectivity index (χ1n) is 6.13. The Kier molecular flexibility index (Phi) is 3.13. The molecule has 2 aromatic heterocycles. The van der Waals surface area contributed by atoms with Crippen LogP contribution in [0.5, 0.6) is 0 Å². The summed E-state index contributed by atoms with van der Waals surface area (Å²) in [5, 5.41) is 14.8. The van der Waals surface area contributed by atoms with Crippen LogP contribution in [0, 0.1) is 6.92 Å². The number of nitrogens with zero attached hydrogens (tertiary/aromatic N) is 3. The zero-order chi connectivity index (χ0) is 13.2. The fraction of sp³-hybridized carbons (Fsp3) is 0.214. The minimum atomic E-state index is 0.124. The molecule has 3 rings (SSSR count). The summed E-state index contributed by atoms with van der Waals surface area (Å²) < 4.78 is 0. The number of benzene rings is 1. The van der Waals surface area contributed by atoms with Crippen LogP contribution in [-0.4, -0.2) is 15.2 Å². The van der Waals surface area contributed by atoms with E-state index in [4.69, 9.17) is 0 Å². The van der Waals surface area contributed by atoms with Gasteiger partial charge in [-0.1, -0.05) is 24.3 Å². The predicted molar refractivity (Wildman–Crippen MR) is 78.4 cm³/mol. The van der Waals surface area contributed by atoms with Crippen molar-refractivity contribution in [3.8, 4) is 0 Å². The highest BCUT2D eigenvalue weighted by atomic mass is 32.1. The molecule has 0 fully saturated rings. The summed E-state index contributed by atoms with van der Waals surface area (Å²) in [4.78, 5) is 5.62. The number of anilines is 1. The molecule has 0 aliphatic carbocycles. The molecular formula is C14H14N4S. The fourth-order valence-electron chi connectivity index (χ4n) is 1.97. The third-order valence-corrected chi connectivity index (χ3v) is 4.03. The van der Waals surface area contributed by atoms with Crippen molar-refractivity contribution in [3.63, 3.8) is 0 Å². The highest BCUT2D eigenvalue weighted by Crippen LogP contribution is 2.26. The first kappa shape index (κ1) is 12.0. The maximum absolute atomic E-state index is 4.40. The van der Waals surface area contributed by atoms with Crippen LogP contribution in [0.3, 0.4) is 0 Å². The van der Waals surface area contributed by atoms with Gasteiger partial charge in [0, 0.05) is 21.8 Å². The third kappa shape index (κ3) is 2.42. The summed E-state index contributed by atoms with van der Waals surface area (Å²) >= 11 is 1.70. The van der Waals surface area contributed by atoms with Crippen molar-refractivity contribution in [1.29, 1.82) is 0 Å². The van der Waals surface area contributed by atoms with E-state index in [0.29, 0.717) is 0 Å². The molecule has 4 nitrogen and oxygen atoms in total. The lowest BCUT2D eigenvalue weighted by molar-refractivity contribution is 0.853. The van der Waals surface area contributed by atoms with Crippen LogP contribution >= 0.6 is 11.3 Å². The molecule has 96 valence electrons. The molecule has 1 aromatic carbocycles. The highest BCUT2D eigenvalue weighted by molar-refractivity contribution is 7.11. The lowest BCUT2D eigenvalue weighted by atomic mass is 10.2. The van der Waals surface area contributed by atoms with Gasteiger partial charge in [-0.25, -0.2) is 4.98 Å². The van der Waals surface area contributed by atoms with Gasteiger partial charge in [-0.2, -0.15) is 5.10 Å². The summed E-state index contributed by atoms with van der Waals surface area (Å²) in [6.45, 7) is 4.15. The van der Waals surface area contributed by atoms with Gasteiger partial charge < -0.3 is 5.32 Å². The van der Waals surface area contributed by atoms with Gasteiger partial charge in [0.25, 0.3) is 0 Å². The lowest BCUT2D eigenvalue weighted by Crippen LogP contribution is -2.08. The average Bonchev–Trinajstić information content (AvgIpc) is 2.86. The largest absolute Gasteiger partial charge is 0.359 e. The second-order valence-electron chi connectivity index (χ2n) is 4.46. The molecule has 1 unspecified atom stereocenters. The molecule has 19 heavy (non-hydrogen) atoms. The Hall–Kier alpha value is -2.01. The zero-order valence-electron chi connectivity index (χ0n) is 10.8. The highest BCUT2D eigenvalue weighted by Gasteiger charge is 2.11. The molecule has 3 aromatic rings. The van der Waals surface area contributed by atoms with Crippen LogP contribution in [0.25, 0.3) is 10.8 Å². The van der Waals surface area contributed by atoms with E-state index in [-0.39, 0.29) is 6.04 Å². The topological polar surface area (TPSA) is 50.7 Å². The molecule has 0 saturated heterocycles. The Morgan fingerprint density at radius 3 is 2.84 bits per heavy atom. The number of fused-ring (bicyclic) bond motifs is 1. The molecule has 0 saturated carbocycles. The molecule has 0 radical (unpaired) electrons. The molecule has 5 heteroatoms. The van der Waals surface area contributed by atoms with Crippen LogP contribution in [0.4, 0.5) is 5.82 Å². The summed E-state index contributed by atoms with van der Waals surface area (Å²) in [5.74, 6) is 0.804. The van der Waals surface area contributed by atoms with Crippen molar-refractivity contribution >= 4 is 27.9 Å². The van der Waals surface area contributed by atoms with Gasteiger partial charge in [0.05, 0.1) is 12.2 Å². The van der Waals surface area contributed by atoms with E-state index in [1.165, 1.54) is 4.88 Å². The summed E-state index contributed by atoms with van der Waals surface area (Å²) in [7, 11) is 0. The van der Waals surface area contributed by atoms with Crippen molar-refractivity contribution in [2.75, 3.05) is 5.32 Å². The average molecular weight is 270 g/mol. The second kappa shape index (κ2) is 4.93. The summed E-state index contributed by atoms with van der Waals surface area (Å²) in [5.41, 5.74) is 0. The van der Waals surface area contributed by atoms with Gasteiger partial charge in [-0.3, -0.25) is 0 Å². The first-order chi connectivity index (χ1) is 9.24. The Morgan fingerprint density at radius 2 is 2.05 bits per heavy atom. The quantitative estimate of drug-likeness (QED) is 0.790. The maximum Gasteiger partial charge on any atom is 0.157 e. The summed E-state index contributed by atoms with van der Waals surface area (Å²) in [6.07, 6.45) is 3.67. The Bertz CT molecular complexity index is 702. The van der Waals surface area contributed by atoms with E-state index >= 15 is 0 Å². The minimum Gasteiger partial charge on any atom is -0.359 e. The summed E-state index contributed by atoms with van der Waals surface area (Å²) in [6, 6.07) is 8.22. The van der Waals surface area contributed by atoms with E-state index < -0.39 is 0 Å². The SMILES string of the molecule is Cc1cnc(C(C)Nc2nncc3ccccc23)s1. The van der Waals surface area contributed by atoms with Crippen LogP contribution in [0.2, 0.25) is 0 Å². The number of thiazole rings is 1. The van der Waals surface area contributed by atoms with E-state index in [2.05, 4.69) is 34.3 Å². The molecular weight excluding hydrogens is 256 g/mol. The number of hydrogen-bond acceptors (Lipinski definition) is 5. The van der Waals surface area contributed by atoms with Crippen molar-refractivity contribution in [1.82, 2.24) is 15.2 Å². The maximum atomic E-state index is 4.40. The van der Waals surface area contributed by atoms with Crippen molar-refractivity contribution in [2.24, 2.45) is 0 Å². The van der Waals surface area contributed by atoms with E-state index in [0.717, 1.165) is 21.6 Å². The van der Waals surface area contributed by atoms with Gasteiger partial charge in [0.2, 0.25) is 0 Å². The number of aromatic nitrogens is 3. The van der Waals surface area contributed by atoms with E-state index in [9.17, 15) is 0 Å². The Morgan fingerprint density at radius 1 is 1.21 bits per heavy atom.